The van der Waals surface area contributed by atoms with Gasteiger partial charge in [-0.1, -0.05) is 17.7 Å². The Bertz CT molecular complexity index is 1430. The van der Waals surface area contributed by atoms with Crippen molar-refractivity contribution in [1.29, 1.82) is 0 Å². The van der Waals surface area contributed by atoms with Crippen LogP contribution in [0.15, 0.2) is 69.3 Å². The van der Waals surface area contributed by atoms with Crippen LogP contribution in [0.25, 0.3) is 10.8 Å². The monoisotopic (exact) mass is 502 g/mol. The fourth-order valence-corrected chi connectivity index (χ4v) is 4.50. The van der Waals surface area contributed by atoms with Gasteiger partial charge < -0.3 is 13.3 Å². The SMILES string of the molecule is Cc1ccc(S(=O)(=O)Oc2cc(S(=O)(=O)[O-])cc3cc(S(=O)(=O)[O-])ccc23)cc1.[Na+].[Na+]. The van der Waals surface area contributed by atoms with Crippen LogP contribution in [0.5, 0.6) is 5.75 Å². The summed E-state index contributed by atoms with van der Waals surface area (Å²) in [5, 5.41) is -0.187. The first-order chi connectivity index (χ1) is 13.3. The summed E-state index contributed by atoms with van der Waals surface area (Å²) in [5.41, 5.74) is 0.792. The van der Waals surface area contributed by atoms with Crippen molar-refractivity contribution in [3.63, 3.8) is 0 Å². The Hall–Kier alpha value is -0.510. The maximum absolute atomic E-state index is 12.5. The number of hydrogen-bond acceptors (Lipinski definition) is 9. The quantitative estimate of drug-likeness (QED) is 0.191. The van der Waals surface area contributed by atoms with Crippen LogP contribution in [-0.2, 0) is 30.4 Å². The van der Waals surface area contributed by atoms with Gasteiger partial charge >= 0.3 is 69.2 Å². The molecule has 0 spiro atoms. The zero-order valence-electron chi connectivity index (χ0n) is 16.6. The molecule has 0 heterocycles. The second-order valence-corrected chi connectivity index (χ2v) is 10.4. The summed E-state index contributed by atoms with van der Waals surface area (Å²) >= 11 is 0. The third kappa shape index (κ3) is 6.74. The van der Waals surface area contributed by atoms with Crippen LogP contribution < -0.4 is 63.3 Å². The van der Waals surface area contributed by atoms with Crippen molar-refractivity contribution in [3.8, 4) is 5.75 Å². The first-order valence-electron chi connectivity index (χ1n) is 7.78. The summed E-state index contributed by atoms with van der Waals surface area (Å²) in [5.74, 6) is -0.507. The molecule has 0 aliphatic heterocycles. The average Bonchev–Trinajstić information content (AvgIpc) is 2.59. The van der Waals surface area contributed by atoms with Gasteiger partial charge in [-0.25, -0.2) is 16.8 Å². The second kappa shape index (κ2) is 10.2. The fourth-order valence-electron chi connectivity index (χ4n) is 2.53. The van der Waals surface area contributed by atoms with E-state index in [1.54, 1.807) is 6.92 Å². The van der Waals surface area contributed by atoms with Crippen LogP contribution in [0.4, 0.5) is 0 Å². The summed E-state index contributed by atoms with van der Waals surface area (Å²) < 4.78 is 98.1. The number of rotatable bonds is 5. The van der Waals surface area contributed by atoms with Gasteiger partial charge in [0.2, 0.25) is 0 Å². The molecule has 14 heteroatoms. The van der Waals surface area contributed by atoms with Crippen LogP contribution >= 0.6 is 0 Å². The molecule has 0 bridgehead atoms. The van der Waals surface area contributed by atoms with E-state index in [1.807, 2.05) is 0 Å². The molecule has 3 aromatic rings. The Morgan fingerprint density at radius 1 is 0.677 bits per heavy atom. The molecule has 0 aliphatic carbocycles. The van der Waals surface area contributed by atoms with Gasteiger partial charge in [-0.05, 0) is 48.7 Å². The molecule has 0 N–H and O–H groups in total. The fraction of sp³-hybridized carbons (Fsp3) is 0.0588. The minimum atomic E-state index is -5.04. The van der Waals surface area contributed by atoms with Crippen molar-refractivity contribution in [3.05, 3.63) is 60.2 Å². The van der Waals surface area contributed by atoms with E-state index in [4.69, 9.17) is 4.18 Å². The van der Waals surface area contributed by atoms with Gasteiger partial charge in [-0.15, -0.1) is 0 Å². The van der Waals surface area contributed by atoms with Crippen LogP contribution in [-0.4, -0.2) is 34.4 Å². The van der Waals surface area contributed by atoms with E-state index in [0.29, 0.717) is 0 Å². The predicted octanol–water partition coefficient (Wildman–Crippen LogP) is -4.27. The summed E-state index contributed by atoms with van der Waals surface area (Å²) in [6.45, 7) is 1.75. The second-order valence-electron chi connectivity index (χ2n) is 6.06. The minimum absolute atomic E-state index is 0. The van der Waals surface area contributed by atoms with E-state index in [9.17, 15) is 34.4 Å². The molecule has 0 radical (unpaired) electrons. The van der Waals surface area contributed by atoms with Crippen LogP contribution in [0.2, 0.25) is 0 Å². The Morgan fingerprint density at radius 2 is 1.16 bits per heavy atom. The first kappa shape index (κ1) is 28.5. The molecule has 0 atom stereocenters. The van der Waals surface area contributed by atoms with Crippen LogP contribution in [0.3, 0.4) is 0 Å². The molecule has 154 valence electrons. The number of fused-ring (bicyclic) bond motifs is 1. The van der Waals surface area contributed by atoms with E-state index >= 15 is 0 Å². The van der Waals surface area contributed by atoms with E-state index in [0.717, 1.165) is 35.9 Å². The Kier molecular flexibility index (Phi) is 9.37. The van der Waals surface area contributed by atoms with Crippen LogP contribution in [0.1, 0.15) is 5.56 Å². The molecule has 31 heavy (non-hydrogen) atoms. The normalized spacial score (nSPS) is 12.0. The van der Waals surface area contributed by atoms with Gasteiger partial charge in [0.15, 0.2) is 5.75 Å². The molecule has 0 unspecified atom stereocenters. The summed E-state index contributed by atoms with van der Waals surface area (Å²) in [6, 6.07) is 10.0. The third-order valence-electron chi connectivity index (χ3n) is 3.95. The van der Waals surface area contributed by atoms with Gasteiger partial charge in [0.1, 0.15) is 25.1 Å². The van der Waals surface area contributed by atoms with E-state index < -0.39 is 45.9 Å². The molecule has 0 aromatic heterocycles. The van der Waals surface area contributed by atoms with E-state index in [-0.39, 0.29) is 74.8 Å². The molecule has 0 saturated carbocycles. The zero-order chi connectivity index (χ0) is 21.6. The summed E-state index contributed by atoms with van der Waals surface area (Å²) in [4.78, 5) is -1.75. The molecule has 3 aromatic carbocycles. The molecule has 3 rings (SSSR count). The molecule has 0 saturated heterocycles. The van der Waals surface area contributed by atoms with E-state index in [2.05, 4.69) is 0 Å². The van der Waals surface area contributed by atoms with Gasteiger partial charge in [-0.2, -0.15) is 8.42 Å². The van der Waals surface area contributed by atoms with Gasteiger partial charge in [0, 0.05) is 11.5 Å². The topological polar surface area (TPSA) is 158 Å². The predicted molar refractivity (Wildman–Crippen MR) is 98.9 cm³/mol. The molecule has 0 amide bonds. The smallest absolute Gasteiger partial charge is 0.744 e. The van der Waals surface area contributed by atoms with Crippen molar-refractivity contribution < 1.29 is 97.7 Å². The number of aryl methyl sites for hydroxylation is 1. The summed E-state index contributed by atoms with van der Waals surface area (Å²) in [6.07, 6.45) is 0. The Labute approximate surface area is 224 Å². The van der Waals surface area contributed by atoms with Crippen molar-refractivity contribution in [2.75, 3.05) is 0 Å². The van der Waals surface area contributed by atoms with Crippen molar-refractivity contribution in [1.82, 2.24) is 0 Å². The van der Waals surface area contributed by atoms with E-state index in [1.165, 1.54) is 24.3 Å². The molecular weight excluding hydrogens is 490 g/mol. The van der Waals surface area contributed by atoms with Gasteiger partial charge in [-0.3, -0.25) is 0 Å². The molecular formula is C17H12Na2O9S3. The third-order valence-corrected chi connectivity index (χ3v) is 6.84. The Morgan fingerprint density at radius 3 is 1.68 bits per heavy atom. The van der Waals surface area contributed by atoms with Crippen molar-refractivity contribution >= 4 is 41.1 Å². The van der Waals surface area contributed by atoms with Crippen LogP contribution in [0, 0.1) is 6.92 Å². The molecule has 0 fully saturated rings. The Balaban J connectivity index is 0.00000240. The summed E-state index contributed by atoms with van der Waals surface area (Å²) in [7, 11) is -14.3. The van der Waals surface area contributed by atoms with Gasteiger partial charge in [0.25, 0.3) is 0 Å². The number of hydrogen-bond donors (Lipinski definition) is 0. The van der Waals surface area contributed by atoms with Crippen molar-refractivity contribution in [2.24, 2.45) is 0 Å². The zero-order valence-corrected chi connectivity index (χ0v) is 23.0. The average molecular weight is 502 g/mol. The minimum Gasteiger partial charge on any atom is -0.744 e. The van der Waals surface area contributed by atoms with Crippen molar-refractivity contribution in [2.45, 2.75) is 21.6 Å². The maximum Gasteiger partial charge on any atom is 1.00 e. The van der Waals surface area contributed by atoms with Gasteiger partial charge in [0.05, 0.1) is 9.79 Å². The largest absolute Gasteiger partial charge is 1.00 e. The maximum atomic E-state index is 12.5. The molecule has 9 nitrogen and oxygen atoms in total. The molecule has 0 aliphatic rings. The number of benzene rings is 3. The standard InChI is InChI=1S/C17H14O9S3.2Na/c1-11-2-4-13(5-3-11)29(24,25)26-17-10-15(28(21,22)23)9-12-8-14(27(18,19)20)6-7-16(12)17;;/h2-10H,1H3,(H,18,19,20)(H,21,22,23);;/q;2*+1/p-2. The first-order valence-corrected chi connectivity index (χ1v) is 12.0.